The Morgan fingerprint density at radius 2 is 1.92 bits per heavy atom. The van der Waals surface area contributed by atoms with Crippen molar-refractivity contribution in [3.8, 4) is 0 Å². The molecule has 0 aromatic rings. The highest BCUT2D eigenvalue weighted by Gasteiger charge is 2.06. The highest BCUT2D eigenvalue weighted by Crippen LogP contribution is 2.18. The fourth-order valence-electron chi connectivity index (χ4n) is 1.16. The van der Waals surface area contributed by atoms with E-state index >= 15 is 0 Å². The predicted molar refractivity (Wildman–Crippen MR) is 60.8 cm³/mol. The molecular formula is C11H21Br. The van der Waals surface area contributed by atoms with Crippen molar-refractivity contribution in [1.82, 2.24) is 0 Å². The maximum absolute atomic E-state index is 3.71. The van der Waals surface area contributed by atoms with Gasteiger partial charge in [0.1, 0.15) is 0 Å². The van der Waals surface area contributed by atoms with Gasteiger partial charge in [0, 0.05) is 4.83 Å². The van der Waals surface area contributed by atoms with Crippen LogP contribution in [0.4, 0.5) is 0 Å². The van der Waals surface area contributed by atoms with Crippen LogP contribution in [0.1, 0.15) is 46.0 Å². The summed E-state index contributed by atoms with van der Waals surface area (Å²) in [6.07, 6.45) is 8.58. The van der Waals surface area contributed by atoms with Crippen molar-refractivity contribution in [2.45, 2.75) is 50.8 Å². The van der Waals surface area contributed by atoms with E-state index in [1.807, 2.05) is 6.08 Å². The van der Waals surface area contributed by atoms with E-state index in [2.05, 4.69) is 36.4 Å². The third-order valence-electron chi connectivity index (χ3n) is 2.35. The summed E-state index contributed by atoms with van der Waals surface area (Å²) in [5.41, 5.74) is 0. The van der Waals surface area contributed by atoms with Crippen molar-refractivity contribution in [1.29, 1.82) is 0 Å². The molecule has 2 unspecified atom stereocenters. The Balaban J connectivity index is 3.13. The second kappa shape index (κ2) is 7.85. The SMILES string of the molecule is C=CCCCCCC(C)C(C)Br. The molecule has 0 aliphatic heterocycles. The zero-order valence-electron chi connectivity index (χ0n) is 8.35. The number of alkyl halides is 1. The highest BCUT2D eigenvalue weighted by atomic mass is 79.9. The molecule has 0 saturated heterocycles. The summed E-state index contributed by atoms with van der Waals surface area (Å²) in [7, 11) is 0. The molecule has 0 spiro atoms. The lowest BCUT2D eigenvalue weighted by Crippen LogP contribution is -2.05. The minimum Gasteiger partial charge on any atom is -0.103 e. The van der Waals surface area contributed by atoms with Crippen LogP contribution in [0.3, 0.4) is 0 Å². The van der Waals surface area contributed by atoms with E-state index in [0.29, 0.717) is 4.83 Å². The van der Waals surface area contributed by atoms with Gasteiger partial charge in [-0.05, 0) is 25.2 Å². The monoisotopic (exact) mass is 232 g/mol. The second-order valence-electron chi connectivity index (χ2n) is 3.58. The third kappa shape index (κ3) is 6.90. The number of unbranched alkanes of at least 4 members (excludes halogenated alkanes) is 3. The van der Waals surface area contributed by atoms with Gasteiger partial charge in [-0.2, -0.15) is 0 Å². The number of hydrogen-bond donors (Lipinski definition) is 0. The van der Waals surface area contributed by atoms with E-state index in [-0.39, 0.29) is 0 Å². The van der Waals surface area contributed by atoms with Crippen molar-refractivity contribution >= 4 is 15.9 Å². The molecule has 0 saturated carbocycles. The maximum atomic E-state index is 3.71. The standard InChI is InChI=1S/C11H21Br/c1-4-5-6-7-8-9-10(2)11(3)12/h4,10-11H,1,5-9H2,2-3H3. The molecule has 0 aliphatic rings. The van der Waals surface area contributed by atoms with Crippen LogP contribution in [0.25, 0.3) is 0 Å². The van der Waals surface area contributed by atoms with Gasteiger partial charge in [0.25, 0.3) is 0 Å². The van der Waals surface area contributed by atoms with Crippen molar-refractivity contribution in [2.75, 3.05) is 0 Å². The molecule has 2 atom stereocenters. The number of hydrogen-bond acceptors (Lipinski definition) is 0. The molecule has 0 bridgehead atoms. The van der Waals surface area contributed by atoms with Crippen molar-refractivity contribution in [3.63, 3.8) is 0 Å². The van der Waals surface area contributed by atoms with E-state index in [0.717, 1.165) is 5.92 Å². The Morgan fingerprint density at radius 3 is 2.42 bits per heavy atom. The Bertz CT molecular complexity index is 108. The average Bonchev–Trinajstić information content (AvgIpc) is 2.03. The molecule has 0 aromatic carbocycles. The minimum atomic E-state index is 0.664. The van der Waals surface area contributed by atoms with Gasteiger partial charge in [-0.15, -0.1) is 6.58 Å². The summed E-state index contributed by atoms with van der Waals surface area (Å²) >= 11 is 3.61. The summed E-state index contributed by atoms with van der Waals surface area (Å²) in [5, 5.41) is 0. The maximum Gasteiger partial charge on any atom is 0.0143 e. The van der Waals surface area contributed by atoms with Crippen LogP contribution in [0.5, 0.6) is 0 Å². The Morgan fingerprint density at radius 1 is 1.25 bits per heavy atom. The summed E-state index contributed by atoms with van der Waals surface area (Å²) in [5.74, 6) is 0.814. The molecule has 0 rings (SSSR count). The molecule has 0 aliphatic carbocycles. The third-order valence-corrected chi connectivity index (χ3v) is 3.25. The summed E-state index contributed by atoms with van der Waals surface area (Å²) in [4.78, 5) is 0.664. The molecule has 0 radical (unpaired) electrons. The predicted octanol–water partition coefficient (Wildman–Crippen LogP) is 4.54. The number of allylic oxidation sites excluding steroid dienone is 1. The molecule has 0 aromatic heterocycles. The quantitative estimate of drug-likeness (QED) is 0.344. The zero-order valence-corrected chi connectivity index (χ0v) is 9.94. The molecule has 72 valence electrons. The first-order valence-electron chi connectivity index (χ1n) is 4.93. The molecule has 0 heterocycles. The lowest BCUT2D eigenvalue weighted by molar-refractivity contribution is 0.493. The molecular weight excluding hydrogens is 212 g/mol. The minimum absolute atomic E-state index is 0.664. The van der Waals surface area contributed by atoms with E-state index in [1.165, 1.54) is 32.1 Å². The molecule has 1 heteroatoms. The highest BCUT2D eigenvalue weighted by molar-refractivity contribution is 9.09. The molecule has 0 nitrogen and oxygen atoms in total. The fraction of sp³-hybridized carbons (Fsp3) is 0.818. The zero-order chi connectivity index (χ0) is 9.40. The normalized spacial score (nSPS) is 15.6. The van der Waals surface area contributed by atoms with E-state index in [4.69, 9.17) is 0 Å². The van der Waals surface area contributed by atoms with Gasteiger partial charge < -0.3 is 0 Å². The lowest BCUT2D eigenvalue weighted by atomic mass is 10.0. The molecule has 0 N–H and O–H groups in total. The number of halogens is 1. The summed E-state index contributed by atoms with van der Waals surface area (Å²) in [6, 6.07) is 0. The summed E-state index contributed by atoms with van der Waals surface area (Å²) in [6.45, 7) is 8.26. The van der Waals surface area contributed by atoms with Gasteiger partial charge in [0.2, 0.25) is 0 Å². The smallest absolute Gasteiger partial charge is 0.0143 e. The van der Waals surface area contributed by atoms with E-state index in [1.54, 1.807) is 0 Å². The van der Waals surface area contributed by atoms with Crippen LogP contribution in [0.15, 0.2) is 12.7 Å². The average molecular weight is 233 g/mol. The van der Waals surface area contributed by atoms with E-state index < -0.39 is 0 Å². The number of rotatable bonds is 7. The fourth-order valence-corrected chi connectivity index (χ4v) is 1.43. The van der Waals surface area contributed by atoms with Crippen molar-refractivity contribution in [2.24, 2.45) is 5.92 Å². The Hall–Kier alpha value is 0.220. The van der Waals surface area contributed by atoms with Crippen molar-refractivity contribution < 1.29 is 0 Å². The van der Waals surface area contributed by atoms with Crippen LogP contribution in [-0.2, 0) is 0 Å². The molecule has 12 heavy (non-hydrogen) atoms. The first-order valence-corrected chi connectivity index (χ1v) is 5.85. The van der Waals surface area contributed by atoms with Crippen LogP contribution in [0.2, 0.25) is 0 Å². The summed E-state index contributed by atoms with van der Waals surface area (Å²) < 4.78 is 0. The van der Waals surface area contributed by atoms with Crippen LogP contribution in [0, 0.1) is 5.92 Å². The van der Waals surface area contributed by atoms with E-state index in [9.17, 15) is 0 Å². The molecule has 0 amide bonds. The topological polar surface area (TPSA) is 0 Å². The van der Waals surface area contributed by atoms with Gasteiger partial charge >= 0.3 is 0 Å². The lowest BCUT2D eigenvalue weighted by Gasteiger charge is -2.12. The first-order chi connectivity index (χ1) is 5.68. The van der Waals surface area contributed by atoms with Crippen LogP contribution < -0.4 is 0 Å². The Labute approximate surface area is 85.6 Å². The molecule has 0 fully saturated rings. The van der Waals surface area contributed by atoms with Gasteiger partial charge in [0.05, 0.1) is 0 Å². The van der Waals surface area contributed by atoms with Gasteiger partial charge in [-0.1, -0.05) is 48.7 Å². The van der Waals surface area contributed by atoms with Gasteiger partial charge in [-0.3, -0.25) is 0 Å². The van der Waals surface area contributed by atoms with Crippen LogP contribution in [-0.4, -0.2) is 4.83 Å². The van der Waals surface area contributed by atoms with Gasteiger partial charge in [-0.25, -0.2) is 0 Å². The van der Waals surface area contributed by atoms with Crippen molar-refractivity contribution in [3.05, 3.63) is 12.7 Å². The largest absolute Gasteiger partial charge is 0.103 e. The Kier molecular flexibility index (Phi) is 7.99. The second-order valence-corrected chi connectivity index (χ2v) is 5.03. The van der Waals surface area contributed by atoms with Crippen LogP contribution >= 0.6 is 15.9 Å². The first kappa shape index (κ1) is 12.2. The van der Waals surface area contributed by atoms with Gasteiger partial charge in [0.15, 0.2) is 0 Å².